The average molecular weight is 659 g/mol. The fraction of sp³-hybridized carbons (Fsp3) is 0.179. The van der Waals surface area contributed by atoms with Crippen molar-refractivity contribution in [3.63, 3.8) is 0 Å². The highest BCUT2D eigenvalue weighted by molar-refractivity contribution is 6.06. The minimum atomic E-state index is -0.0354. The largest absolute Gasteiger partial charge is 0.488 e. The summed E-state index contributed by atoms with van der Waals surface area (Å²) in [7, 11) is 8.23. The van der Waals surface area contributed by atoms with Gasteiger partial charge in [0.2, 0.25) is 0 Å². The number of benzene rings is 4. The van der Waals surface area contributed by atoms with E-state index in [0.29, 0.717) is 45.9 Å². The van der Waals surface area contributed by atoms with Crippen LogP contribution in [0.4, 0.5) is 0 Å². The van der Waals surface area contributed by atoms with Crippen LogP contribution in [0.5, 0.6) is 5.75 Å². The van der Waals surface area contributed by atoms with E-state index in [0.717, 1.165) is 62.6 Å². The second-order valence-corrected chi connectivity index (χ2v) is 13.2. The first-order valence-electron chi connectivity index (χ1n) is 16.6. The van der Waals surface area contributed by atoms with Crippen molar-refractivity contribution < 1.29 is 4.74 Å². The van der Waals surface area contributed by atoms with Gasteiger partial charge in [0.25, 0.3) is 0 Å². The highest BCUT2D eigenvalue weighted by Crippen LogP contribution is 2.37. The first-order chi connectivity index (χ1) is 24.4. The number of nitrogens with one attached hydrogen (secondary N) is 2. The number of rotatable bonds is 6. The number of fused-ring (bicyclic) bond motifs is 20. The number of nitrogens with zero attached hydrogens (tertiary/aromatic N) is 8. The molecule has 0 atom stereocenters. The van der Waals surface area contributed by atoms with E-state index in [2.05, 4.69) is 48.0 Å². The molecule has 7 aromatic rings. The summed E-state index contributed by atoms with van der Waals surface area (Å²) in [5.41, 5.74) is 6.21. The van der Waals surface area contributed by atoms with Crippen molar-refractivity contribution in [2.24, 2.45) is 0 Å². The lowest BCUT2D eigenvalue weighted by Gasteiger charge is -2.25. The Morgan fingerprint density at radius 1 is 0.480 bits per heavy atom. The lowest BCUT2D eigenvalue weighted by atomic mass is 10.1. The molecule has 9 rings (SSSR count). The van der Waals surface area contributed by atoms with Crippen LogP contribution in [0.2, 0.25) is 0 Å². The van der Waals surface area contributed by atoms with E-state index in [9.17, 15) is 0 Å². The summed E-state index contributed by atoms with van der Waals surface area (Å²) in [5.74, 6) is 3.03. The van der Waals surface area contributed by atoms with Crippen molar-refractivity contribution in [2.75, 3.05) is 41.3 Å². The lowest BCUT2D eigenvalue weighted by Crippen LogP contribution is -2.38. The summed E-state index contributed by atoms with van der Waals surface area (Å²) >= 11 is 0. The number of ether oxygens (including phenoxy) is 1. The lowest BCUT2D eigenvalue weighted by molar-refractivity contribution is 0.128. The maximum absolute atomic E-state index is 6.59. The van der Waals surface area contributed by atoms with Crippen LogP contribution >= 0.6 is 0 Å². The minimum Gasteiger partial charge on any atom is -0.488 e. The molecule has 5 heterocycles. The summed E-state index contributed by atoms with van der Waals surface area (Å²) in [6, 6.07) is 30.3. The van der Waals surface area contributed by atoms with Crippen molar-refractivity contribution in [1.82, 2.24) is 49.7 Å². The molecule has 0 radical (unpaired) electrons. The molecule has 8 bridgehead atoms. The van der Waals surface area contributed by atoms with Crippen LogP contribution in [0, 0.1) is 0 Å². The third kappa shape index (κ3) is 5.24. The molecule has 2 aliphatic heterocycles. The molecule has 3 aromatic heterocycles. The van der Waals surface area contributed by atoms with Gasteiger partial charge in [-0.25, -0.2) is 29.9 Å². The molecule has 2 aliphatic rings. The van der Waals surface area contributed by atoms with Gasteiger partial charge in [-0.15, -0.1) is 0 Å². The quantitative estimate of drug-likeness (QED) is 0.200. The Morgan fingerprint density at radius 2 is 0.860 bits per heavy atom. The Bertz CT molecular complexity index is 2610. The van der Waals surface area contributed by atoms with Crippen molar-refractivity contribution in [2.45, 2.75) is 6.10 Å². The fourth-order valence-electron chi connectivity index (χ4n) is 6.83. The molecule has 0 fully saturated rings. The Balaban J connectivity index is 1.36. The van der Waals surface area contributed by atoms with E-state index in [1.807, 2.05) is 91.0 Å². The molecule has 0 aliphatic carbocycles. The monoisotopic (exact) mass is 658 g/mol. The topological polar surface area (TPSA) is 125 Å². The van der Waals surface area contributed by atoms with Gasteiger partial charge in [-0.1, -0.05) is 72.8 Å². The van der Waals surface area contributed by atoms with Crippen LogP contribution in [-0.4, -0.2) is 97.1 Å². The normalized spacial score (nSPS) is 12.3. The Morgan fingerprint density at radius 3 is 1.28 bits per heavy atom. The summed E-state index contributed by atoms with van der Waals surface area (Å²) in [6.07, 6.45) is -0.0354. The van der Waals surface area contributed by atoms with Gasteiger partial charge in [-0.2, -0.15) is 0 Å². The van der Waals surface area contributed by atoms with Gasteiger partial charge in [0.05, 0.1) is 0 Å². The molecule has 0 saturated heterocycles. The van der Waals surface area contributed by atoms with E-state index in [1.54, 1.807) is 0 Å². The zero-order valence-electron chi connectivity index (χ0n) is 28.1. The van der Waals surface area contributed by atoms with Gasteiger partial charge in [0.1, 0.15) is 34.4 Å². The van der Waals surface area contributed by atoms with Crippen molar-refractivity contribution >= 4 is 44.1 Å². The number of aromatic nitrogens is 8. The van der Waals surface area contributed by atoms with Gasteiger partial charge in [-0.05, 0) is 46.4 Å². The summed E-state index contributed by atoms with van der Waals surface area (Å²) in [4.78, 5) is 41.7. The van der Waals surface area contributed by atoms with Gasteiger partial charge >= 0.3 is 0 Å². The molecule has 0 saturated carbocycles. The third-order valence-electron chi connectivity index (χ3n) is 8.96. The zero-order chi connectivity index (χ0) is 33.9. The maximum atomic E-state index is 6.59. The summed E-state index contributed by atoms with van der Waals surface area (Å²) in [6.45, 7) is 1.55. The van der Waals surface area contributed by atoms with E-state index in [-0.39, 0.29) is 6.10 Å². The maximum Gasteiger partial charge on any atom is 0.164 e. The number of aromatic amines is 2. The van der Waals surface area contributed by atoms with Gasteiger partial charge in [0.15, 0.2) is 23.3 Å². The molecule has 246 valence electrons. The van der Waals surface area contributed by atoms with Crippen LogP contribution in [0.15, 0.2) is 91.0 Å². The first kappa shape index (κ1) is 30.1. The molecular weight excluding hydrogens is 624 g/mol. The summed E-state index contributed by atoms with van der Waals surface area (Å²) < 4.78 is 6.59. The highest BCUT2D eigenvalue weighted by atomic mass is 16.5. The average Bonchev–Trinajstić information content (AvgIpc) is 3.83. The molecule has 4 aromatic carbocycles. The minimum absolute atomic E-state index is 0.0354. The van der Waals surface area contributed by atoms with Crippen LogP contribution in [-0.2, 0) is 0 Å². The van der Waals surface area contributed by atoms with Gasteiger partial charge in [-0.3, -0.25) is 0 Å². The number of likely N-dealkylation sites (N-methyl/N-ethyl adjacent to an activating group) is 2. The Kier molecular flexibility index (Phi) is 7.11. The van der Waals surface area contributed by atoms with E-state index < -0.39 is 0 Å². The van der Waals surface area contributed by atoms with Crippen LogP contribution in [0.3, 0.4) is 0 Å². The predicted molar refractivity (Wildman–Crippen MR) is 198 cm³/mol. The number of H-pyrrole nitrogens is 2. The van der Waals surface area contributed by atoms with Crippen molar-refractivity contribution in [3.05, 3.63) is 91.0 Å². The molecular formula is C39H34N10O. The van der Waals surface area contributed by atoms with E-state index in [1.165, 1.54) is 0 Å². The second-order valence-electron chi connectivity index (χ2n) is 13.2. The molecule has 11 heteroatoms. The van der Waals surface area contributed by atoms with Gasteiger partial charge < -0.3 is 24.5 Å². The Labute approximate surface area is 287 Å². The van der Waals surface area contributed by atoms with Gasteiger partial charge in [0, 0.05) is 56.9 Å². The zero-order valence-corrected chi connectivity index (χ0v) is 28.1. The van der Waals surface area contributed by atoms with Crippen LogP contribution < -0.4 is 4.74 Å². The first-order valence-corrected chi connectivity index (χ1v) is 16.6. The fourth-order valence-corrected chi connectivity index (χ4v) is 6.83. The Hall–Kier alpha value is -6.04. The molecule has 0 spiro atoms. The molecule has 50 heavy (non-hydrogen) atoms. The second kappa shape index (κ2) is 11.8. The molecule has 0 unspecified atom stereocenters. The third-order valence-corrected chi connectivity index (χ3v) is 8.96. The van der Waals surface area contributed by atoms with E-state index in [4.69, 9.17) is 34.6 Å². The number of hydrogen-bond acceptors (Lipinski definition) is 9. The molecule has 0 amide bonds. The van der Waals surface area contributed by atoms with E-state index >= 15 is 0 Å². The molecule has 11 nitrogen and oxygen atoms in total. The highest BCUT2D eigenvalue weighted by Gasteiger charge is 2.22. The van der Waals surface area contributed by atoms with Crippen molar-refractivity contribution in [3.8, 4) is 51.3 Å². The van der Waals surface area contributed by atoms with Crippen LogP contribution in [0.1, 0.15) is 0 Å². The smallest absolute Gasteiger partial charge is 0.164 e. The van der Waals surface area contributed by atoms with Crippen molar-refractivity contribution in [1.29, 1.82) is 0 Å². The molecule has 2 N–H and O–H groups in total. The number of hydrogen-bond donors (Lipinski definition) is 2. The van der Waals surface area contributed by atoms with Crippen LogP contribution in [0.25, 0.3) is 89.7 Å². The predicted octanol–water partition coefficient (Wildman–Crippen LogP) is 6.74. The SMILES string of the molecule is CN(C)CC(CN(C)C)Oc1ccc2c3nc4nc(nc5[nH]c(nc6nc(nc([nH]3)c2c1)-c1ccccc1-6)c1ccccc51)-c1ccccc1-4. The summed E-state index contributed by atoms with van der Waals surface area (Å²) in [5, 5.41) is 3.64. The standard InChI is InChI=1S/C39H34N10O/c1-48(2)20-23(21-49(3)4)50-22-17-18-30-31(19-22)39-46-37-29-16-10-9-15-28(29)35(44-37)42-33-25-12-6-5-11-24(25)32(40-33)41-34-26-13-7-8-14-27(26)36(43-34)45-38(30)47-39/h5-19,23H,20-21H2,1-4H3,(H2,40,41,42,43,44,45,46,47).